The second kappa shape index (κ2) is 7.91. The average molecular weight is 418 g/mol. The molecule has 1 aliphatic rings. The summed E-state index contributed by atoms with van der Waals surface area (Å²) in [6.07, 6.45) is 1.67. The van der Waals surface area contributed by atoms with Crippen molar-refractivity contribution in [2.75, 3.05) is 18.5 Å². The van der Waals surface area contributed by atoms with Crippen LogP contribution < -0.4 is 10.1 Å². The number of carbonyl (C=O) groups excluding carboxylic acids is 2. The molecule has 1 aliphatic carbocycles. The summed E-state index contributed by atoms with van der Waals surface area (Å²) in [6.45, 7) is 1.90. The molecular formula is C20H20BrNO4. The molecular weight excluding hydrogens is 398 g/mol. The molecule has 0 spiro atoms. The van der Waals surface area contributed by atoms with E-state index < -0.39 is 11.4 Å². The van der Waals surface area contributed by atoms with Gasteiger partial charge in [-0.1, -0.05) is 34.1 Å². The van der Waals surface area contributed by atoms with Gasteiger partial charge in [-0.15, -0.1) is 0 Å². The van der Waals surface area contributed by atoms with Crippen LogP contribution in [0.3, 0.4) is 0 Å². The normalized spacial score (nSPS) is 14.4. The summed E-state index contributed by atoms with van der Waals surface area (Å²) in [5.74, 6) is 0.0563. The Labute approximate surface area is 160 Å². The third-order valence-corrected chi connectivity index (χ3v) is 4.86. The number of hydrogen-bond donors (Lipinski definition) is 1. The number of anilines is 1. The topological polar surface area (TPSA) is 64.6 Å². The highest BCUT2D eigenvalue weighted by molar-refractivity contribution is 9.10. The fourth-order valence-corrected chi connectivity index (χ4v) is 3.06. The monoisotopic (exact) mass is 417 g/mol. The lowest BCUT2D eigenvalue weighted by atomic mass is 9.95. The fraction of sp³-hybridized carbons (Fsp3) is 0.300. The van der Waals surface area contributed by atoms with Gasteiger partial charge in [-0.25, -0.2) is 4.79 Å². The summed E-state index contributed by atoms with van der Waals surface area (Å²) in [5.41, 5.74) is 1.20. The van der Waals surface area contributed by atoms with E-state index >= 15 is 0 Å². The molecule has 136 valence electrons. The molecule has 3 rings (SSSR count). The Balaban J connectivity index is 1.65. The highest BCUT2D eigenvalue weighted by Crippen LogP contribution is 2.49. The van der Waals surface area contributed by atoms with Crippen molar-refractivity contribution >= 4 is 33.5 Å². The number of rotatable bonds is 7. The first kappa shape index (κ1) is 18.5. The number of ether oxygens (including phenoxy) is 2. The van der Waals surface area contributed by atoms with Crippen molar-refractivity contribution in [3.05, 3.63) is 58.6 Å². The zero-order valence-electron chi connectivity index (χ0n) is 14.5. The Morgan fingerprint density at radius 1 is 1.15 bits per heavy atom. The van der Waals surface area contributed by atoms with Crippen LogP contribution in [-0.2, 0) is 19.7 Å². The van der Waals surface area contributed by atoms with Gasteiger partial charge in [0.05, 0.1) is 12.0 Å². The molecule has 0 aliphatic heterocycles. The second-order valence-corrected chi connectivity index (χ2v) is 7.08. The molecule has 0 heterocycles. The summed E-state index contributed by atoms with van der Waals surface area (Å²) in [4.78, 5) is 24.2. The molecule has 2 aromatic rings. The van der Waals surface area contributed by atoms with Gasteiger partial charge in [-0.3, -0.25) is 4.79 Å². The van der Waals surface area contributed by atoms with Crippen LogP contribution in [0.2, 0.25) is 0 Å². The molecule has 1 fully saturated rings. The molecule has 26 heavy (non-hydrogen) atoms. The van der Waals surface area contributed by atoms with Gasteiger partial charge in [-0.05, 0) is 49.6 Å². The van der Waals surface area contributed by atoms with Crippen LogP contribution in [0.4, 0.5) is 5.69 Å². The van der Waals surface area contributed by atoms with Crippen molar-refractivity contribution in [3.63, 3.8) is 0 Å². The Hall–Kier alpha value is -2.34. The first-order chi connectivity index (χ1) is 12.5. The smallest absolute Gasteiger partial charge is 0.344 e. The molecule has 0 aromatic heterocycles. The standard InChI is InChI=1S/C20H20BrNO4/c1-2-25-18(23)13-26-17-5-3-4-16(12-17)22-19(24)20(10-11-20)14-6-8-15(21)9-7-14/h3-9,12H,2,10-11,13H2,1H3,(H,22,24). The van der Waals surface area contributed by atoms with E-state index in [0.29, 0.717) is 18.0 Å². The molecule has 6 heteroatoms. The van der Waals surface area contributed by atoms with E-state index in [1.165, 1.54) is 0 Å². The molecule has 1 amide bonds. The highest BCUT2D eigenvalue weighted by Gasteiger charge is 2.51. The first-order valence-corrected chi connectivity index (χ1v) is 9.29. The predicted molar refractivity (Wildman–Crippen MR) is 102 cm³/mol. The van der Waals surface area contributed by atoms with Crippen molar-refractivity contribution in [1.29, 1.82) is 0 Å². The van der Waals surface area contributed by atoms with Crippen LogP contribution in [0.15, 0.2) is 53.0 Å². The number of benzene rings is 2. The summed E-state index contributed by atoms with van der Waals surface area (Å²) >= 11 is 3.42. The van der Waals surface area contributed by atoms with E-state index in [0.717, 1.165) is 22.9 Å². The number of halogens is 1. The Morgan fingerprint density at radius 2 is 1.88 bits per heavy atom. The lowest BCUT2D eigenvalue weighted by Gasteiger charge is -2.16. The van der Waals surface area contributed by atoms with Crippen molar-refractivity contribution in [2.45, 2.75) is 25.2 Å². The van der Waals surface area contributed by atoms with Gasteiger partial charge in [0.1, 0.15) is 5.75 Å². The minimum Gasteiger partial charge on any atom is -0.482 e. The van der Waals surface area contributed by atoms with Crippen molar-refractivity contribution < 1.29 is 19.1 Å². The molecule has 0 radical (unpaired) electrons. The third kappa shape index (κ3) is 4.25. The first-order valence-electron chi connectivity index (χ1n) is 8.49. The van der Waals surface area contributed by atoms with Gasteiger partial charge >= 0.3 is 5.97 Å². The molecule has 0 atom stereocenters. The Morgan fingerprint density at radius 3 is 2.54 bits per heavy atom. The zero-order chi connectivity index (χ0) is 18.6. The van der Waals surface area contributed by atoms with Gasteiger partial charge in [0, 0.05) is 16.2 Å². The maximum Gasteiger partial charge on any atom is 0.344 e. The minimum atomic E-state index is -0.456. The van der Waals surface area contributed by atoms with E-state index in [2.05, 4.69) is 21.2 Å². The van der Waals surface area contributed by atoms with Crippen LogP contribution >= 0.6 is 15.9 Å². The number of carbonyl (C=O) groups is 2. The molecule has 2 aromatic carbocycles. The van der Waals surface area contributed by atoms with Crippen LogP contribution in [0.25, 0.3) is 0 Å². The number of esters is 1. The van der Waals surface area contributed by atoms with Crippen LogP contribution in [-0.4, -0.2) is 25.1 Å². The molecule has 0 bridgehead atoms. The Bertz CT molecular complexity index is 800. The molecule has 0 unspecified atom stereocenters. The van der Waals surface area contributed by atoms with Gasteiger partial charge < -0.3 is 14.8 Å². The Kier molecular flexibility index (Phi) is 5.61. The lowest BCUT2D eigenvalue weighted by Crippen LogP contribution is -2.27. The maximum atomic E-state index is 12.8. The molecule has 1 saturated carbocycles. The lowest BCUT2D eigenvalue weighted by molar-refractivity contribution is -0.145. The largest absolute Gasteiger partial charge is 0.482 e. The SMILES string of the molecule is CCOC(=O)COc1cccc(NC(=O)C2(c3ccc(Br)cc3)CC2)c1. The number of amides is 1. The third-order valence-electron chi connectivity index (χ3n) is 4.34. The quantitative estimate of drug-likeness (QED) is 0.689. The summed E-state index contributed by atoms with van der Waals surface area (Å²) in [5, 5.41) is 2.96. The van der Waals surface area contributed by atoms with Crippen molar-refractivity contribution in [2.24, 2.45) is 0 Å². The molecule has 1 N–H and O–H groups in total. The van der Waals surface area contributed by atoms with E-state index in [4.69, 9.17) is 9.47 Å². The van der Waals surface area contributed by atoms with E-state index in [1.807, 2.05) is 24.3 Å². The minimum absolute atomic E-state index is 0.0256. The van der Waals surface area contributed by atoms with Crippen molar-refractivity contribution in [3.8, 4) is 5.75 Å². The van der Waals surface area contributed by atoms with E-state index in [1.54, 1.807) is 31.2 Å². The summed E-state index contributed by atoms with van der Waals surface area (Å²) in [7, 11) is 0. The number of nitrogens with one attached hydrogen (secondary N) is 1. The summed E-state index contributed by atoms with van der Waals surface area (Å²) < 4.78 is 11.2. The zero-order valence-corrected chi connectivity index (χ0v) is 16.0. The maximum absolute atomic E-state index is 12.8. The summed E-state index contributed by atoms with van der Waals surface area (Å²) in [6, 6.07) is 14.9. The highest BCUT2D eigenvalue weighted by atomic mass is 79.9. The molecule has 0 saturated heterocycles. The second-order valence-electron chi connectivity index (χ2n) is 6.16. The van der Waals surface area contributed by atoms with Crippen molar-refractivity contribution in [1.82, 2.24) is 0 Å². The predicted octanol–water partition coefficient (Wildman–Crippen LogP) is 4.06. The van der Waals surface area contributed by atoms with Gasteiger partial charge in [0.2, 0.25) is 5.91 Å². The van der Waals surface area contributed by atoms with E-state index in [-0.39, 0.29) is 12.5 Å². The van der Waals surface area contributed by atoms with Gasteiger partial charge in [-0.2, -0.15) is 0 Å². The van der Waals surface area contributed by atoms with Crippen LogP contribution in [0.5, 0.6) is 5.75 Å². The fourth-order valence-electron chi connectivity index (χ4n) is 2.80. The average Bonchev–Trinajstić information content (AvgIpc) is 3.43. The van der Waals surface area contributed by atoms with Gasteiger partial charge in [0.25, 0.3) is 0 Å². The molecule has 5 nitrogen and oxygen atoms in total. The van der Waals surface area contributed by atoms with E-state index in [9.17, 15) is 9.59 Å². The van der Waals surface area contributed by atoms with Crippen LogP contribution in [0.1, 0.15) is 25.3 Å². The van der Waals surface area contributed by atoms with Gasteiger partial charge in [0.15, 0.2) is 6.61 Å². The van der Waals surface area contributed by atoms with Crippen LogP contribution in [0, 0.1) is 0 Å². The number of hydrogen-bond acceptors (Lipinski definition) is 4.